The SMILES string of the molecule is c1ccc(-c2ccc(-c3c4ccccc4c(-c4ccccc4-c4c5ccccc5cc5ccccc45)c4ccccc34)cc2)cc1. The highest BCUT2D eigenvalue weighted by molar-refractivity contribution is 6.24. The Bertz CT molecular complexity index is 2440. The van der Waals surface area contributed by atoms with Gasteiger partial charge >= 0.3 is 0 Å². The van der Waals surface area contributed by atoms with E-state index in [1.807, 2.05) is 0 Å². The average Bonchev–Trinajstić information content (AvgIpc) is 3.13. The summed E-state index contributed by atoms with van der Waals surface area (Å²) in [6.07, 6.45) is 0. The molecule has 0 radical (unpaired) electrons. The molecule has 0 heteroatoms. The van der Waals surface area contributed by atoms with Gasteiger partial charge in [0.25, 0.3) is 0 Å². The predicted octanol–water partition coefficient (Wildman–Crippen LogP) is 13.0. The molecule has 46 heavy (non-hydrogen) atoms. The Hall–Kier alpha value is -5.98. The fourth-order valence-electron chi connectivity index (χ4n) is 7.41. The fourth-order valence-corrected chi connectivity index (χ4v) is 7.41. The molecule has 0 unspecified atom stereocenters. The summed E-state index contributed by atoms with van der Waals surface area (Å²) in [5.74, 6) is 0. The van der Waals surface area contributed by atoms with E-state index >= 15 is 0 Å². The normalized spacial score (nSPS) is 11.5. The molecule has 0 bridgehead atoms. The first kappa shape index (κ1) is 26.4. The van der Waals surface area contributed by atoms with Gasteiger partial charge in [0.1, 0.15) is 0 Å². The molecule has 214 valence electrons. The smallest absolute Gasteiger partial charge is 0.00201 e. The molecule has 0 saturated heterocycles. The van der Waals surface area contributed by atoms with Crippen LogP contribution >= 0.6 is 0 Å². The van der Waals surface area contributed by atoms with Crippen molar-refractivity contribution >= 4 is 43.1 Å². The summed E-state index contributed by atoms with van der Waals surface area (Å²) in [4.78, 5) is 0. The van der Waals surface area contributed by atoms with Gasteiger partial charge < -0.3 is 0 Å². The number of hydrogen-bond acceptors (Lipinski definition) is 0. The quantitative estimate of drug-likeness (QED) is 0.181. The monoisotopic (exact) mass is 582 g/mol. The molecule has 0 aromatic heterocycles. The van der Waals surface area contributed by atoms with Crippen LogP contribution in [0.25, 0.3) is 87.6 Å². The van der Waals surface area contributed by atoms with E-state index in [0.29, 0.717) is 0 Å². The first-order valence-corrected chi connectivity index (χ1v) is 15.9. The lowest BCUT2D eigenvalue weighted by atomic mass is 9.82. The van der Waals surface area contributed by atoms with Crippen LogP contribution in [0.1, 0.15) is 0 Å². The molecule has 9 aromatic carbocycles. The fraction of sp³-hybridized carbons (Fsp3) is 0. The second-order valence-electron chi connectivity index (χ2n) is 12.0. The molecule has 0 aliphatic rings. The van der Waals surface area contributed by atoms with Gasteiger partial charge in [0, 0.05) is 0 Å². The molecule has 0 N–H and O–H groups in total. The summed E-state index contributed by atoms with van der Waals surface area (Å²) in [7, 11) is 0. The van der Waals surface area contributed by atoms with Crippen molar-refractivity contribution in [3.8, 4) is 44.5 Å². The van der Waals surface area contributed by atoms with E-state index in [1.165, 1.54) is 87.6 Å². The molecular formula is C46H30. The Balaban J connectivity index is 1.35. The third kappa shape index (κ3) is 4.23. The lowest BCUT2D eigenvalue weighted by Crippen LogP contribution is -1.94. The minimum atomic E-state index is 1.23. The molecule has 9 aromatic rings. The Morgan fingerprint density at radius 3 is 1.09 bits per heavy atom. The second-order valence-corrected chi connectivity index (χ2v) is 12.0. The first-order valence-electron chi connectivity index (χ1n) is 15.9. The van der Waals surface area contributed by atoms with Crippen LogP contribution in [0, 0.1) is 0 Å². The minimum absolute atomic E-state index is 1.23. The summed E-state index contributed by atoms with van der Waals surface area (Å²) >= 11 is 0. The van der Waals surface area contributed by atoms with Crippen molar-refractivity contribution in [1.82, 2.24) is 0 Å². The van der Waals surface area contributed by atoms with Crippen LogP contribution in [0.2, 0.25) is 0 Å². The van der Waals surface area contributed by atoms with Gasteiger partial charge in [-0.05, 0) is 93.7 Å². The van der Waals surface area contributed by atoms with Crippen LogP contribution in [-0.2, 0) is 0 Å². The van der Waals surface area contributed by atoms with Gasteiger partial charge in [-0.25, -0.2) is 0 Å². The van der Waals surface area contributed by atoms with Crippen molar-refractivity contribution in [2.45, 2.75) is 0 Å². The van der Waals surface area contributed by atoms with E-state index in [4.69, 9.17) is 0 Å². The topological polar surface area (TPSA) is 0 Å². The van der Waals surface area contributed by atoms with Crippen LogP contribution in [0.5, 0.6) is 0 Å². The Morgan fingerprint density at radius 2 is 0.565 bits per heavy atom. The van der Waals surface area contributed by atoms with Gasteiger partial charge in [-0.1, -0.05) is 176 Å². The molecule has 0 atom stereocenters. The zero-order chi connectivity index (χ0) is 30.5. The lowest BCUT2D eigenvalue weighted by Gasteiger charge is -2.21. The van der Waals surface area contributed by atoms with Crippen LogP contribution in [0.4, 0.5) is 0 Å². The van der Waals surface area contributed by atoms with E-state index in [-0.39, 0.29) is 0 Å². The molecule has 0 nitrogen and oxygen atoms in total. The highest BCUT2D eigenvalue weighted by Gasteiger charge is 2.20. The molecule has 0 fully saturated rings. The largest absolute Gasteiger partial charge is 0.0622 e. The van der Waals surface area contributed by atoms with Gasteiger partial charge in [-0.15, -0.1) is 0 Å². The summed E-state index contributed by atoms with van der Waals surface area (Å²) in [6.45, 7) is 0. The maximum absolute atomic E-state index is 2.32. The highest BCUT2D eigenvalue weighted by atomic mass is 14.2. The van der Waals surface area contributed by atoms with Crippen molar-refractivity contribution in [3.63, 3.8) is 0 Å². The summed E-state index contributed by atoms with van der Waals surface area (Å²) in [5, 5.41) is 10.1. The number of benzene rings is 9. The Morgan fingerprint density at radius 1 is 0.217 bits per heavy atom. The first-order chi connectivity index (χ1) is 22.8. The van der Waals surface area contributed by atoms with Crippen molar-refractivity contribution in [3.05, 3.63) is 182 Å². The molecule has 0 aliphatic heterocycles. The Kier molecular flexibility index (Phi) is 6.25. The van der Waals surface area contributed by atoms with Gasteiger partial charge in [0.05, 0.1) is 0 Å². The minimum Gasteiger partial charge on any atom is -0.0622 e. The predicted molar refractivity (Wildman–Crippen MR) is 198 cm³/mol. The molecule has 0 amide bonds. The molecule has 0 heterocycles. The van der Waals surface area contributed by atoms with Gasteiger partial charge in [-0.3, -0.25) is 0 Å². The standard InChI is InChI=1S/C46H30/c1-2-14-31(15-3-1)32-26-28-33(29-27-32)44-38-20-8-10-22-40(38)46(41-23-11-9-21-39(41)44)43-25-13-12-24-42(43)45-36-18-6-4-16-34(36)30-35-17-5-7-19-37(35)45/h1-30H. The van der Waals surface area contributed by atoms with Crippen molar-refractivity contribution in [2.24, 2.45) is 0 Å². The van der Waals surface area contributed by atoms with Gasteiger partial charge in [-0.2, -0.15) is 0 Å². The van der Waals surface area contributed by atoms with E-state index in [2.05, 4.69) is 182 Å². The zero-order valence-electron chi connectivity index (χ0n) is 25.3. The van der Waals surface area contributed by atoms with E-state index in [0.717, 1.165) is 0 Å². The van der Waals surface area contributed by atoms with Crippen LogP contribution in [0.3, 0.4) is 0 Å². The van der Waals surface area contributed by atoms with E-state index < -0.39 is 0 Å². The molecular weight excluding hydrogens is 553 g/mol. The van der Waals surface area contributed by atoms with Crippen LogP contribution in [-0.4, -0.2) is 0 Å². The van der Waals surface area contributed by atoms with Gasteiger partial charge in [0.2, 0.25) is 0 Å². The molecule has 9 rings (SSSR count). The third-order valence-corrected chi connectivity index (χ3v) is 9.45. The number of hydrogen-bond donors (Lipinski definition) is 0. The highest BCUT2D eigenvalue weighted by Crippen LogP contribution is 2.48. The average molecular weight is 583 g/mol. The molecule has 0 spiro atoms. The zero-order valence-corrected chi connectivity index (χ0v) is 25.3. The van der Waals surface area contributed by atoms with E-state index in [9.17, 15) is 0 Å². The summed E-state index contributed by atoms with van der Waals surface area (Å²) in [6, 6.07) is 66.5. The van der Waals surface area contributed by atoms with Crippen LogP contribution in [0.15, 0.2) is 182 Å². The maximum atomic E-state index is 2.32. The van der Waals surface area contributed by atoms with E-state index in [1.54, 1.807) is 0 Å². The van der Waals surface area contributed by atoms with Crippen molar-refractivity contribution in [2.75, 3.05) is 0 Å². The number of rotatable bonds is 4. The van der Waals surface area contributed by atoms with Crippen molar-refractivity contribution < 1.29 is 0 Å². The van der Waals surface area contributed by atoms with Crippen molar-refractivity contribution in [1.29, 1.82) is 0 Å². The summed E-state index contributed by atoms with van der Waals surface area (Å²) < 4.78 is 0. The van der Waals surface area contributed by atoms with Crippen LogP contribution < -0.4 is 0 Å². The Labute approximate surface area is 268 Å². The molecule has 0 saturated carbocycles. The molecule has 0 aliphatic carbocycles. The second kappa shape index (κ2) is 10.9. The third-order valence-electron chi connectivity index (χ3n) is 9.45. The lowest BCUT2D eigenvalue weighted by molar-refractivity contribution is 1.61. The number of fused-ring (bicyclic) bond motifs is 4. The maximum Gasteiger partial charge on any atom is -0.00201 e. The van der Waals surface area contributed by atoms with Gasteiger partial charge in [0.15, 0.2) is 0 Å². The summed E-state index contributed by atoms with van der Waals surface area (Å²) in [5.41, 5.74) is 10.0.